The highest BCUT2D eigenvalue weighted by Crippen LogP contribution is 2.18. The normalized spacial score (nSPS) is 10.9. The number of carbonyl (C=O) groups excluding carboxylic acids is 1. The number of hydrogen-bond acceptors (Lipinski definition) is 3. The molecule has 0 radical (unpaired) electrons. The van der Waals surface area contributed by atoms with Gasteiger partial charge in [-0.05, 0) is 18.2 Å². The SMILES string of the molecule is COc1ccc(C(=O)NCC(C)(C)C(N)=S)cc1F. The molecule has 0 bridgehead atoms. The summed E-state index contributed by atoms with van der Waals surface area (Å²) in [5, 5.41) is 2.67. The summed E-state index contributed by atoms with van der Waals surface area (Å²) in [6.07, 6.45) is 0. The Bertz CT molecular complexity index is 503. The monoisotopic (exact) mass is 284 g/mol. The van der Waals surface area contributed by atoms with Gasteiger partial charge in [0, 0.05) is 17.5 Å². The number of hydrogen-bond donors (Lipinski definition) is 2. The summed E-state index contributed by atoms with van der Waals surface area (Å²) >= 11 is 4.90. The average molecular weight is 284 g/mol. The largest absolute Gasteiger partial charge is 0.494 e. The van der Waals surface area contributed by atoms with E-state index in [0.717, 1.165) is 6.07 Å². The molecule has 0 aliphatic heterocycles. The van der Waals surface area contributed by atoms with Crippen LogP contribution in [0, 0.1) is 11.2 Å². The molecule has 0 saturated heterocycles. The Balaban J connectivity index is 2.74. The van der Waals surface area contributed by atoms with Crippen LogP contribution in [-0.4, -0.2) is 24.6 Å². The molecule has 1 aromatic rings. The number of carbonyl (C=O) groups is 1. The molecule has 0 heterocycles. The van der Waals surface area contributed by atoms with E-state index in [1.54, 1.807) is 0 Å². The zero-order chi connectivity index (χ0) is 14.6. The van der Waals surface area contributed by atoms with Crippen LogP contribution in [0.1, 0.15) is 24.2 Å². The molecule has 0 spiro atoms. The lowest BCUT2D eigenvalue weighted by Crippen LogP contribution is -2.41. The van der Waals surface area contributed by atoms with Crippen molar-refractivity contribution in [2.45, 2.75) is 13.8 Å². The van der Waals surface area contributed by atoms with E-state index in [1.165, 1.54) is 19.2 Å². The van der Waals surface area contributed by atoms with Crippen molar-refractivity contribution in [1.82, 2.24) is 5.32 Å². The first kappa shape index (κ1) is 15.4. The van der Waals surface area contributed by atoms with Crippen LogP contribution in [0.25, 0.3) is 0 Å². The lowest BCUT2D eigenvalue weighted by molar-refractivity contribution is 0.0944. The van der Waals surface area contributed by atoms with Crippen molar-refractivity contribution in [3.05, 3.63) is 29.6 Å². The van der Waals surface area contributed by atoms with Crippen LogP contribution in [0.3, 0.4) is 0 Å². The number of benzene rings is 1. The van der Waals surface area contributed by atoms with Gasteiger partial charge in [0.1, 0.15) is 0 Å². The smallest absolute Gasteiger partial charge is 0.251 e. The maximum Gasteiger partial charge on any atom is 0.251 e. The van der Waals surface area contributed by atoms with Gasteiger partial charge in [0.2, 0.25) is 0 Å². The molecule has 0 aliphatic carbocycles. The minimum Gasteiger partial charge on any atom is -0.494 e. The van der Waals surface area contributed by atoms with E-state index in [1.807, 2.05) is 13.8 Å². The van der Waals surface area contributed by atoms with Crippen molar-refractivity contribution < 1.29 is 13.9 Å². The Morgan fingerprint density at radius 2 is 2.16 bits per heavy atom. The third-order valence-corrected chi connectivity index (χ3v) is 3.32. The second-order valence-electron chi connectivity index (χ2n) is 4.78. The zero-order valence-electron chi connectivity index (χ0n) is 11.1. The molecule has 3 N–H and O–H groups in total. The molecule has 0 atom stereocenters. The first-order valence-electron chi connectivity index (χ1n) is 5.69. The van der Waals surface area contributed by atoms with Gasteiger partial charge in [-0.25, -0.2) is 4.39 Å². The van der Waals surface area contributed by atoms with Crippen LogP contribution >= 0.6 is 12.2 Å². The van der Waals surface area contributed by atoms with Crippen molar-refractivity contribution in [1.29, 1.82) is 0 Å². The standard InChI is InChI=1S/C13H17FN2O2S/c1-13(2,12(15)19)7-16-11(17)8-4-5-10(18-3)9(14)6-8/h4-6H,7H2,1-3H3,(H2,15,19)(H,16,17). The summed E-state index contributed by atoms with van der Waals surface area (Å²) in [5.41, 5.74) is 5.29. The highest BCUT2D eigenvalue weighted by Gasteiger charge is 2.22. The number of amides is 1. The van der Waals surface area contributed by atoms with Crippen LogP contribution in [0.4, 0.5) is 4.39 Å². The Hall–Kier alpha value is -1.69. The van der Waals surface area contributed by atoms with Gasteiger partial charge in [0.25, 0.3) is 5.91 Å². The average Bonchev–Trinajstić information content (AvgIpc) is 2.35. The molecule has 0 unspecified atom stereocenters. The number of nitrogens with one attached hydrogen (secondary N) is 1. The van der Waals surface area contributed by atoms with Crippen LogP contribution in [0.15, 0.2) is 18.2 Å². The van der Waals surface area contributed by atoms with Crippen LogP contribution in [0.2, 0.25) is 0 Å². The predicted molar refractivity (Wildman–Crippen MR) is 75.9 cm³/mol. The van der Waals surface area contributed by atoms with E-state index < -0.39 is 11.2 Å². The molecule has 19 heavy (non-hydrogen) atoms. The second kappa shape index (κ2) is 5.97. The molecule has 1 aromatic carbocycles. The lowest BCUT2D eigenvalue weighted by Gasteiger charge is -2.23. The van der Waals surface area contributed by atoms with Crippen molar-refractivity contribution in [3.8, 4) is 5.75 Å². The van der Waals surface area contributed by atoms with E-state index in [-0.39, 0.29) is 23.8 Å². The number of halogens is 1. The van der Waals surface area contributed by atoms with E-state index in [2.05, 4.69) is 5.32 Å². The van der Waals surface area contributed by atoms with Gasteiger partial charge in [-0.3, -0.25) is 4.79 Å². The fourth-order valence-corrected chi connectivity index (χ4v) is 1.37. The first-order valence-corrected chi connectivity index (χ1v) is 6.10. The molecular formula is C13H17FN2O2S. The van der Waals surface area contributed by atoms with Crippen molar-refractivity contribution in [3.63, 3.8) is 0 Å². The summed E-state index contributed by atoms with van der Waals surface area (Å²) < 4.78 is 18.3. The van der Waals surface area contributed by atoms with Gasteiger partial charge in [0.05, 0.1) is 12.1 Å². The second-order valence-corrected chi connectivity index (χ2v) is 5.22. The van der Waals surface area contributed by atoms with Gasteiger partial charge >= 0.3 is 0 Å². The Morgan fingerprint density at radius 1 is 1.53 bits per heavy atom. The van der Waals surface area contributed by atoms with Gasteiger partial charge in [-0.1, -0.05) is 26.1 Å². The predicted octanol–water partition coefficient (Wildman–Crippen LogP) is 1.88. The molecule has 0 fully saturated rings. The zero-order valence-corrected chi connectivity index (χ0v) is 11.9. The minimum atomic E-state index is -0.580. The number of thiocarbonyl (C=S) groups is 1. The number of rotatable bonds is 5. The third kappa shape index (κ3) is 3.89. The number of methoxy groups -OCH3 is 1. The Morgan fingerprint density at radius 3 is 2.63 bits per heavy atom. The molecule has 104 valence electrons. The first-order chi connectivity index (χ1) is 8.77. The van der Waals surface area contributed by atoms with Crippen LogP contribution in [0.5, 0.6) is 5.75 Å². The molecule has 1 rings (SSSR count). The van der Waals surface area contributed by atoms with Gasteiger partial charge in [0.15, 0.2) is 11.6 Å². The minimum absolute atomic E-state index is 0.0972. The van der Waals surface area contributed by atoms with E-state index >= 15 is 0 Å². The third-order valence-electron chi connectivity index (χ3n) is 2.77. The van der Waals surface area contributed by atoms with Gasteiger partial charge < -0.3 is 15.8 Å². The van der Waals surface area contributed by atoms with Crippen molar-refractivity contribution in [2.75, 3.05) is 13.7 Å². The topological polar surface area (TPSA) is 64.3 Å². The summed E-state index contributed by atoms with van der Waals surface area (Å²) in [7, 11) is 1.36. The van der Waals surface area contributed by atoms with Crippen molar-refractivity contribution in [2.24, 2.45) is 11.1 Å². The summed E-state index contributed by atoms with van der Waals surface area (Å²) in [4.78, 5) is 12.2. The number of ether oxygens (including phenoxy) is 1. The molecule has 0 aromatic heterocycles. The molecule has 6 heteroatoms. The quantitative estimate of drug-likeness (QED) is 0.810. The highest BCUT2D eigenvalue weighted by molar-refractivity contribution is 7.80. The molecule has 0 saturated carbocycles. The summed E-state index contributed by atoms with van der Waals surface area (Å²) in [6.45, 7) is 3.93. The van der Waals surface area contributed by atoms with Gasteiger partial charge in [-0.2, -0.15) is 0 Å². The van der Waals surface area contributed by atoms with E-state index in [9.17, 15) is 9.18 Å². The van der Waals surface area contributed by atoms with Crippen molar-refractivity contribution >= 4 is 23.1 Å². The lowest BCUT2D eigenvalue weighted by atomic mass is 9.93. The Kier molecular flexibility index (Phi) is 4.83. The molecular weight excluding hydrogens is 267 g/mol. The Labute approximate surface area is 117 Å². The fraction of sp³-hybridized carbons (Fsp3) is 0.385. The summed E-state index contributed by atoms with van der Waals surface area (Å²) in [5.74, 6) is -0.866. The summed E-state index contributed by atoms with van der Waals surface area (Å²) in [6, 6.07) is 4.02. The van der Waals surface area contributed by atoms with E-state index in [4.69, 9.17) is 22.7 Å². The maximum atomic E-state index is 13.5. The maximum absolute atomic E-state index is 13.5. The van der Waals surface area contributed by atoms with Gasteiger partial charge in [-0.15, -0.1) is 0 Å². The molecule has 0 aliphatic rings. The molecule has 1 amide bonds. The fourth-order valence-electron chi connectivity index (χ4n) is 1.30. The van der Waals surface area contributed by atoms with Crippen LogP contribution in [-0.2, 0) is 0 Å². The van der Waals surface area contributed by atoms with Crippen LogP contribution < -0.4 is 15.8 Å². The highest BCUT2D eigenvalue weighted by atomic mass is 32.1. The van der Waals surface area contributed by atoms with E-state index in [0.29, 0.717) is 4.99 Å². The molecule has 4 nitrogen and oxygen atoms in total. The number of nitrogens with two attached hydrogens (primary N) is 1.